The molecule has 0 atom stereocenters. The van der Waals surface area contributed by atoms with E-state index in [0.717, 1.165) is 6.42 Å². The number of carbonyl (C=O) groups is 1. The van der Waals surface area contributed by atoms with Crippen molar-refractivity contribution in [3.8, 4) is 0 Å². The Kier molecular flexibility index (Phi) is 5.11. The van der Waals surface area contributed by atoms with E-state index >= 15 is 0 Å². The van der Waals surface area contributed by atoms with Gasteiger partial charge in [0.05, 0.1) is 10.8 Å². The molecule has 94 valence electrons. The molecule has 0 unspecified atom stereocenters. The Balaban J connectivity index is 2.91. The molecule has 0 radical (unpaired) electrons. The van der Waals surface area contributed by atoms with Crippen LogP contribution in [0.25, 0.3) is 0 Å². The summed E-state index contributed by atoms with van der Waals surface area (Å²) in [4.78, 5) is 11.4. The molecular weight excluding hydrogens is 262 g/mol. The van der Waals surface area contributed by atoms with Gasteiger partial charge in [0.25, 0.3) is 0 Å². The van der Waals surface area contributed by atoms with Gasteiger partial charge in [-0.15, -0.1) is 11.6 Å². The molecule has 0 saturated heterocycles. The van der Waals surface area contributed by atoms with Gasteiger partial charge in [-0.3, -0.25) is 4.79 Å². The van der Waals surface area contributed by atoms with Crippen LogP contribution in [-0.4, -0.2) is 26.6 Å². The summed E-state index contributed by atoms with van der Waals surface area (Å²) in [6.07, 6.45) is 0.724. The van der Waals surface area contributed by atoms with E-state index in [1.165, 1.54) is 24.3 Å². The van der Waals surface area contributed by atoms with Gasteiger partial charge in [-0.2, -0.15) is 0 Å². The third kappa shape index (κ3) is 3.80. The molecule has 0 heterocycles. The molecule has 0 saturated carbocycles. The van der Waals surface area contributed by atoms with Crippen molar-refractivity contribution < 1.29 is 13.2 Å². The van der Waals surface area contributed by atoms with E-state index in [1.807, 2.05) is 6.92 Å². The number of hydrogen-bond acceptors (Lipinski definition) is 3. The maximum atomic E-state index is 11.7. The first-order valence-electron chi connectivity index (χ1n) is 5.20. The number of nitrogens with one attached hydrogen (secondary N) is 1. The van der Waals surface area contributed by atoms with Crippen molar-refractivity contribution in [2.45, 2.75) is 18.2 Å². The van der Waals surface area contributed by atoms with E-state index in [1.54, 1.807) is 0 Å². The summed E-state index contributed by atoms with van der Waals surface area (Å²) >= 11 is 5.40. The molecular formula is C11H14ClNO3S. The molecule has 1 N–H and O–H groups in total. The van der Waals surface area contributed by atoms with Crippen LogP contribution in [-0.2, 0) is 10.0 Å². The zero-order valence-corrected chi connectivity index (χ0v) is 11.0. The van der Waals surface area contributed by atoms with Crippen LogP contribution in [0.3, 0.4) is 0 Å². The Hall–Kier alpha value is -0.910. The van der Waals surface area contributed by atoms with Crippen molar-refractivity contribution in [2.75, 3.05) is 12.4 Å². The molecule has 0 aliphatic carbocycles. The van der Waals surface area contributed by atoms with E-state index in [-0.39, 0.29) is 16.6 Å². The van der Waals surface area contributed by atoms with Crippen molar-refractivity contribution >= 4 is 27.4 Å². The Labute approximate surface area is 106 Å². The lowest BCUT2D eigenvalue weighted by Gasteiger charge is -2.05. The average molecular weight is 276 g/mol. The molecule has 1 aromatic carbocycles. The molecule has 0 aromatic heterocycles. The number of carbonyl (C=O) groups excluding carboxylic acids is 1. The zero-order chi connectivity index (χ0) is 12.9. The number of alkyl halides is 1. The van der Waals surface area contributed by atoms with Crippen LogP contribution in [0.4, 0.5) is 0 Å². The number of hydrogen-bond donors (Lipinski definition) is 1. The lowest BCUT2D eigenvalue weighted by atomic mass is 10.1. The van der Waals surface area contributed by atoms with Crippen LogP contribution in [0, 0.1) is 0 Å². The largest absolute Gasteiger partial charge is 0.293 e. The molecule has 0 aliphatic heterocycles. The lowest BCUT2D eigenvalue weighted by molar-refractivity contribution is 0.102. The van der Waals surface area contributed by atoms with Gasteiger partial charge in [-0.05, 0) is 18.6 Å². The molecule has 4 nitrogen and oxygen atoms in total. The van der Waals surface area contributed by atoms with E-state index in [2.05, 4.69) is 4.72 Å². The first-order valence-corrected chi connectivity index (χ1v) is 7.22. The minimum Gasteiger partial charge on any atom is -0.293 e. The maximum absolute atomic E-state index is 11.7. The fourth-order valence-corrected chi connectivity index (χ4v) is 2.51. The van der Waals surface area contributed by atoms with Crippen LogP contribution in [0.5, 0.6) is 0 Å². The second-order valence-corrected chi connectivity index (χ2v) is 5.51. The van der Waals surface area contributed by atoms with Crippen molar-refractivity contribution in [1.29, 1.82) is 0 Å². The summed E-state index contributed by atoms with van der Waals surface area (Å²) in [5.41, 5.74) is 0.412. The smallest absolute Gasteiger partial charge is 0.240 e. The van der Waals surface area contributed by atoms with Crippen molar-refractivity contribution in [2.24, 2.45) is 0 Å². The SMILES string of the molecule is CCCNS(=O)(=O)c1ccc(C(=O)CCl)cc1. The van der Waals surface area contributed by atoms with Gasteiger partial charge >= 0.3 is 0 Å². The molecule has 1 aromatic rings. The van der Waals surface area contributed by atoms with Crippen LogP contribution in [0.1, 0.15) is 23.7 Å². The third-order valence-electron chi connectivity index (χ3n) is 2.15. The summed E-state index contributed by atoms with van der Waals surface area (Å²) in [7, 11) is -3.47. The predicted molar refractivity (Wildman–Crippen MR) is 67.0 cm³/mol. The quantitative estimate of drug-likeness (QED) is 0.636. The number of halogens is 1. The highest BCUT2D eigenvalue weighted by Crippen LogP contribution is 2.11. The first-order chi connectivity index (χ1) is 8.01. The highest BCUT2D eigenvalue weighted by Gasteiger charge is 2.13. The molecule has 1 rings (SSSR count). The predicted octanol–water partition coefficient (Wildman–Crippen LogP) is 1.80. The second-order valence-electron chi connectivity index (χ2n) is 3.48. The van der Waals surface area contributed by atoms with E-state index in [4.69, 9.17) is 11.6 Å². The maximum Gasteiger partial charge on any atom is 0.240 e. The lowest BCUT2D eigenvalue weighted by Crippen LogP contribution is -2.24. The van der Waals surface area contributed by atoms with Gasteiger partial charge in [0.15, 0.2) is 5.78 Å². The number of rotatable bonds is 6. The van der Waals surface area contributed by atoms with E-state index < -0.39 is 10.0 Å². The Morgan fingerprint density at radius 3 is 2.35 bits per heavy atom. The highest BCUT2D eigenvalue weighted by atomic mass is 35.5. The van der Waals surface area contributed by atoms with Gasteiger partial charge in [0.2, 0.25) is 10.0 Å². The summed E-state index contributed by atoms with van der Waals surface area (Å²) in [6, 6.07) is 5.73. The minimum absolute atomic E-state index is 0.111. The van der Waals surface area contributed by atoms with Gasteiger partial charge in [0, 0.05) is 12.1 Å². The molecule has 0 fully saturated rings. The summed E-state index contributed by atoms with van der Waals surface area (Å²) < 4.78 is 25.9. The third-order valence-corrected chi connectivity index (χ3v) is 3.87. The topological polar surface area (TPSA) is 63.2 Å². The minimum atomic E-state index is -3.47. The van der Waals surface area contributed by atoms with Gasteiger partial charge < -0.3 is 0 Å². The molecule has 0 amide bonds. The van der Waals surface area contributed by atoms with Crippen molar-refractivity contribution in [3.63, 3.8) is 0 Å². The normalized spacial score (nSPS) is 11.4. The number of Topliss-reactive ketones (excluding diaryl/α,β-unsaturated/α-hetero) is 1. The highest BCUT2D eigenvalue weighted by molar-refractivity contribution is 7.89. The summed E-state index contributed by atoms with van der Waals surface area (Å²) in [5, 5.41) is 0. The zero-order valence-electron chi connectivity index (χ0n) is 9.44. The van der Waals surface area contributed by atoms with Gasteiger partial charge in [-0.25, -0.2) is 13.1 Å². The number of benzene rings is 1. The fourth-order valence-electron chi connectivity index (χ4n) is 1.22. The number of sulfonamides is 1. The van der Waals surface area contributed by atoms with Gasteiger partial charge in [-0.1, -0.05) is 19.1 Å². The van der Waals surface area contributed by atoms with E-state index in [0.29, 0.717) is 12.1 Å². The molecule has 0 spiro atoms. The monoisotopic (exact) mass is 275 g/mol. The molecule has 17 heavy (non-hydrogen) atoms. The molecule has 0 bridgehead atoms. The van der Waals surface area contributed by atoms with Gasteiger partial charge in [0.1, 0.15) is 0 Å². The van der Waals surface area contributed by atoms with Crippen LogP contribution < -0.4 is 4.72 Å². The summed E-state index contributed by atoms with van der Waals surface area (Å²) in [6.45, 7) is 2.27. The van der Waals surface area contributed by atoms with Crippen LogP contribution >= 0.6 is 11.6 Å². The standard InChI is InChI=1S/C11H14ClNO3S/c1-2-7-13-17(15,16)10-5-3-9(4-6-10)11(14)8-12/h3-6,13H,2,7-8H2,1H3. The molecule has 6 heteroatoms. The van der Waals surface area contributed by atoms with E-state index in [9.17, 15) is 13.2 Å². The fraction of sp³-hybridized carbons (Fsp3) is 0.364. The van der Waals surface area contributed by atoms with Crippen LogP contribution in [0.2, 0.25) is 0 Å². The van der Waals surface area contributed by atoms with Crippen molar-refractivity contribution in [1.82, 2.24) is 4.72 Å². The number of ketones is 1. The molecule has 0 aliphatic rings. The summed E-state index contributed by atoms with van der Waals surface area (Å²) in [5.74, 6) is -0.336. The van der Waals surface area contributed by atoms with Crippen LogP contribution in [0.15, 0.2) is 29.2 Å². The second kappa shape index (κ2) is 6.14. The Bertz CT molecular complexity index is 482. The average Bonchev–Trinajstić information content (AvgIpc) is 2.35. The Morgan fingerprint density at radius 1 is 1.29 bits per heavy atom. The first kappa shape index (κ1) is 14.2. The Morgan fingerprint density at radius 2 is 1.88 bits per heavy atom. The van der Waals surface area contributed by atoms with Crippen molar-refractivity contribution in [3.05, 3.63) is 29.8 Å².